The van der Waals surface area contributed by atoms with Crippen LogP contribution in [-0.2, 0) is 0 Å². The number of benzene rings is 1. The molecule has 112 valence electrons. The second kappa shape index (κ2) is 4.26. The number of nitrogens with zero attached hydrogens (tertiary/aromatic N) is 3. The molecule has 22 heavy (non-hydrogen) atoms. The second-order valence-corrected chi connectivity index (χ2v) is 6.80. The van der Waals surface area contributed by atoms with Gasteiger partial charge < -0.3 is 9.80 Å². The van der Waals surface area contributed by atoms with E-state index in [4.69, 9.17) is 11.6 Å². The highest BCUT2D eigenvalue weighted by Gasteiger charge is 2.46. The molecule has 2 unspecified atom stereocenters. The summed E-state index contributed by atoms with van der Waals surface area (Å²) in [5.41, 5.74) is 2.48. The second-order valence-electron chi connectivity index (χ2n) is 6.36. The van der Waals surface area contributed by atoms with Crippen LogP contribution in [-0.4, -0.2) is 45.0 Å². The molecule has 3 bridgehead atoms. The molecule has 1 N–H and O–H groups in total. The Morgan fingerprint density at radius 2 is 2.32 bits per heavy atom. The Hall–Kier alpha value is -2.01. The van der Waals surface area contributed by atoms with Gasteiger partial charge in [-0.3, -0.25) is 9.89 Å². The number of carbonyl (C=O) groups is 1. The van der Waals surface area contributed by atoms with Crippen molar-refractivity contribution in [2.75, 3.05) is 13.1 Å². The summed E-state index contributed by atoms with van der Waals surface area (Å²) in [6.07, 6.45) is 4.41. The molecule has 1 fully saturated rings. The van der Waals surface area contributed by atoms with E-state index in [1.807, 2.05) is 11.0 Å². The lowest BCUT2D eigenvalue weighted by Gasteiger charge is -2.38. The number of halogens is 1. The van der Waals surface area contributed by atoms with Crippen LogP contribution in [0.5, 0.6) is 0 Å². The summed E-state index contributed by atoms with van der Waals surface area (Å²) in [5.74, 6) is 0.543. The van der Waals surface area contributed by atoms with Crippen LogP contribution in [0.2, 0.25) is 5.02 Å². The number of hydrogen-bond acceptors (Lipinski definition) is 3. The maximum absolute atomic E-state index is 13.0. The lowest BCUT2D eigenvalue weighted by molar-refractivity contribution is 0.0716. The monoisotopic (exact) mass is 314 g/mol. The van der Waals surface area contributed by atoms with Gasteiger partial charge in [0.15, 0.2) is 5.69 Å². The van der Waals surface area contributed by atoms with Crippen LogP contribution in [0.15, 0.2) is 30.1 Å². The van der Waals surface area contributed by atoms with Gasteiger partial charge in [0.25, 0.3) is 5.91 Å². The first-order valence-electron chi connectivity index (χ1n) is 7.63. The molecular formula is C16H15ClN4O. The van der Waals surface area contributed by atoms with Crippen LogP contribution in [0, 0.1) is 5.92 Å². The maximum atomic E-state index is 13.0. The highest BCUT2D eigenvalue weighted by atomic mass is 35.5. The van der Waals surface area contributed by atoms with Gasteiger partial charge in [0.05, 0.1) is 11.6 Å². The zero-order valence-corrected chi connectivity index (χ0v) is 12.7. The molecule has 1 aromatic carbocycles. The fourth-order valence-electron chi connectivity index (χ4n) is 4.09. The van der Waals surface area contributed by atoms with Crippen molar-refractivity contribution in [2.24, 2.45) is 5.92 Å². The number of carbonyl (C=O) groups excluding carboxylic acids is 1. The Kier molecular flexibility index (Phi) is 2.42. The van der Waals surface area contributed by atoms with E-state index in [2.05, 4.69) is 21.3 Å². The van der Waals surface area contributed by atoms with Gasteiger partial charge in [-0.05, 0) is 31.0 Å². The summed E-state index contributed by atoms with van der Waals surface area (Å²) >= 11 is 6.00. The van der Waals surface area contributed by atoms with Crippen LogP contribution in [0.1, 0.15) is 23.3 Å². The van der Waals surface area contributed by atoms with Gasteiger partial charge in [0.2, 0.25) is 0 Å². The third-order valence-corrected chi connectivity index (χ3v) is 5.32. The summed E-state index contributed by atoms with van der Waals surface area (Å²) in [5, 5.41) is 8.65. The van der Waals surface area contributed by atoms with E-state index in [0.29, 0.717) is 22.7 Å². The number of aromatic amines is 1. The number of fused-ring (bicyclic) bond motifs is 3. The van der Waals surface area contributed by atoms with Crippen LogP contribution in [0.3, 0.4) is 0 Å². The van der Waals surface area contributed by atoms with Gasteiger partial charge in [-0.2, -0.15) is 5.10 Å². The Morgan fingerprint density at radius 1 is 1.41 bits per heavy atom. The average Bonchev–Trinajstić information content (AvgIpc) is 2.95. The van der Waals surface area contributed by atoms with Crippen molar-refractivity contribution in [1.82, 2.24) is 20.0 Å². The molecule has 4 heterocycles. The maximum Gasteiger partial charge on any atom is 0.279 e. The molecule has 1 saturated heterocycles. The number of rotatable bonds is 1. The van der Waals surface area contributed by atoms with E-state index in [1.54, 1.807) is 12.1 Å². The molecule has 1 aromatic heterocycles. The van der Waals surface area contributed by atoms with Crippen LogP contribution < -0.4 is 0 Å². The Morgan fingerprint density at radius 3 is 3.23 bits per heavy atom. The van der Waals surface area contributed by atoms with Crippen molar-refractivity contribution in [3.8, 4) is 0 Å². The Balaban J connectivity index is 1.58. The van der Waals surface area contributed by atoms with Gasteiger partial charge >= 0.3 is 0 Å². The molecule has 1 amide bonds. The van der Waals surface area contributed by atoms with Gasteiger partial charge in [0.1, 0.15) is 0 Å². The molecule has 2 atom stereocenters. The number of H-pyrrole nitrogens is 1. The van der Waals surface area contributed by atoms with Crippen molar-refractivity contribution in [2.45, 2.75) is 18.9 Å². The summed E-state index contributed by atoms with van der Waals surface area (Å²) in [7, 11) is 0. The van der Waals surface area contributed by atoms with Gasteiger partial charge in [0, 0.05) is 41.3 Å². The first kappa shape index (κ1) is 12.5. The smallest absolute Gasteiger partial charge is 0.279 e. The molecule has 0 aliphatic carbocycles. The molecule has 0 radical (unpaired) electrons. The van der Waals surface area contributed by atoms with E-state index in [9.17, 15) is 4.79 Å². The largest absolute Gasteiger partial charge is 0.374 e. The van der Waals surface area contributed by atoms with Gasteiger partial charge in [-0.15, -0.1) is 0 Å². The SMILES string of the molecule is O=C(c1n[nH]c2cc(Cl)ccc12)N1C2=CN3CCC2CC1C3. The number of hydrogen-bond donors (Lipinski definition) is 1. The van der Waals surface area contributed by atoms with Crippen molar-refractivity contribution >= 4 is 28.4 Å². The van der Waals surface area contributed by atoms with Crippen LogP contribution >= 0.6 is 11.6 Å². The molecule has 6 heteroatoms. The normalized spacial score (nSPS) is 26.0. The third kappa shape index (κ3) is 1.60. The quantitative estimate of drug-likeness (QED) is 0.880. The molecule has 0 spiro atoms. The average molecular weight is 315 g/mol. The first-order chi connectivity index (χ1) is 10.7. The lowest BCUT2D eigenvalue weighted by Crippen LogP contribution is -2.46. The van der Waals surface area contributed by atoms with E-state index < -0.39 is 0 Å². The minimum absolute atomic E-state index is 0.00822. The van der Waals surface area contributed by atoms with E-state index in [1.165, 1.54) is 5.70 Å². The predicted molar refractivity (Wildman–Crippen MR) is 83.4 cm³/mol. The highest BCUT2D eigenvalue weighted by Crippen LogP contribution is 2.43. The van der Waals surface area contributed by atoms with Crippen molar-refractivity contribution < 1.29 is 4.79 Å². The standard InChI is InChI=1S/C16H15ClN4O/c17-10-1-2-12-13(6-10)18-19-15(12)16(22)21-11-5-9-3-4-20(7-11)8-14(9)21/h1-2,6,8-9,11H,3-5,7H2,(H,18,19). The summed E-state index contributed by atoms with van der Waals surface area (Å²) in [6.45, 7) is 2.07. The van der Waals surface area contributed by atoms with Crippen molar-refractivity contribution in [3.05, 3.63) is 40.8 Å². The number of allylic oxidation sites excluding steroid dienone is 1. The van der Waals surface area contributed by atoms with Crippen LogP contribution in [0.4, 0.5) is 0 Å². The van der Waals surface area contributed by atoms with E-state index >= 15 is 0 Å². The van der Waals surface area contributed by atoms with Gasteiger partial charge in [-0.25, -0.2) is 0 Å². The summed E-state index contributed by atoms with van der Waals surface area (Å²) in [6, 6.07) is 5.76. The van der Waals surface area contributed by atoms with Crippen molar-refractivity contribution in [1.29, 1.82) is 0 Å². The molecule has 3 aliphatic rings. The Bertz CT molecular complexity index is 825. The number of nitrogens with one attached hydrogen (secondary N) is 1. The molecule has 5 rings (SSSR count). The summed E-state index contributed by atoms with van der Waals surface area (Å²) < 4.78 is 0. The predicted octanol–water partition coefficient (Wildman–Crippen LogP) is 2.61. The Labute approximate surface area is 132 Å². The van der Waals surface area contributed by atoms with Crippen LogP contribution in [0.25, 0.3) is 10.9 Å². The van der Waals surface area contributed by atoms with E-state index in [-0.39, 0.29) is 5.91 Å². The highest BCUT2D eigenvalue weighted by molar-refractivity contribution is 6.31. The third-order valence-electron chi connectivity index (χ3n) is 5.09. The zero-order valence-electron chi connectivity index (χ0n) is 11.9. The minimum atomic E-state index is 0.00822. The minimum Gasteiger partial charge on any atom is -0.374 e. The zero-order chi connectivity index (χ0) is 14.8. The van der Waals surface area contributed by atoms with Gasteiger partial charge in [-0.1, -0.05) is 11.6 Å². The number of aromatic nitrogens is 2. The molecular weight excluding hydrogens is 300 g/mol. The topological polar surface area (TPSA) is 52.2 Å². The molecule has 0 saturated carbocycles. The molecule has 2 aromatic rings. The lowest BCUT2D eigenvalue weighted by atomic mass is 9.99. The molecule has 3 aliphatic heterocycles. The molecule has 5 nitrogen and oxygen atoms in total. The summed E-state index contributed by atoms with van der Waals surface area (Å²) in [4.78, 5) is 17.4. The fraction of sp³-hybridized carbons (Fsp3) is 0.375. The van der Waals surface area contributed by atoms with Crippen molar-refractivity contribution in [3.63, 3.8) is 0 Å². The van der Waals surface area contributed by atoms with E-state index in [0.717, 1.165) is 36.8 Å². The first-order valence-corrected chi connectivity index (χ1v) is 8.01. The number of amides is 1. The fourth-order valence-corrected chi connectivity index (χ4v) is 4.26.